The van der Waals surface area contributed by atoms with Crippen LogP contribution in [0.2, 0.25) is 0 Å². The molecule has 2 aromatic carbocycles. The molecule has 0 amide bonds. The second kappa shape index (κ2) is 7.72. The molecule has 0 atom stereocenters. The van der Waals surface area contributed by atoms with Crippen molar-refractivity contribution in [3.8, 4) is 28.3 Å². The lowest BCUT2D eigenvalue weighted by Crippen LogP contribution is -2.24. The first-order valence-electron chi connectivity index (χ1n) is 8.21. The van der Waals surface area contributed by atoms with Crippen molar-refractivity contribution in [1.82, 2.24) is 14.3 Å². The van der Waals surface area contributed by atoms with E-state index >= 15 is 0 Å². The first-order chi connectivity index (χ1) is 12.6. The summed E-state index contributed by atoms with van der Waals surface area (Å²) in [5.74, 6) is 0.680. The van der Waals surface area contributed by atoms with Gasteiger partial charge in [0.2, 0.25) is 10.0 Å². The normalized spacial score (nSPS) is 11.5. The number of aryl methyl sites for hydroxylation is 1. The Labute approximate surface area is 153 Å². The topological polar surface area (TPSA) is 73.2 Å². The van der Waals surface area contributed by atoms with Crippen LogP contribution in [0, 0.1) is 0 Å². The highest BCUT2D eigenvalue weighted by Gasteiger charge is 2.19. The maximum absolute atomic E-state index is 11.9. The molecule has 136 valence electrons. The molecule has 0 unspecified atom stereocenters. The van der Waals surface area contributed by atoms with Crippen molar-refractivity contribution >= 4 is 10.0 Å². The molecule has 0 fully saturated rings. The van der Waals surface area contributed by atoms with Gasteiger partial charge in [-0.05, 0) is 19.2 Å². The fourth-order valence-electron chi connectivity index (χ4n) is 2.80. The monoisotopic (exact) mass is 371 g/mol. The Morgan fingerprint density at radius 2 is 1.77 bits per heavy atom. The van der Waals surface area contributed by atoms with Gasteiger partial charge < -0.3 is 9.30 Å². The Morgan fingerprint density at radius 3 is 2.46 bits per heavy atom. The van der Waals surface area contributed by atoms with Crippen LogP contribution in [0.1, 0.15) is 0 Å². The zero-order valence-corrected chi connectivity index (χ0v) is 15.5. The van der Waals surface area contributed by atoms with E-state index in [4.69, 9.17) is 4.74 Å². The van der Waals surface area contributed by atoms with Crippen LogP contribution in [0.25, 0.3) is 22.5 Å². The molecule has 0 saturated heterocycles. The lowest BCUT2D eigenvalue weighted by atomic mass is 10.0. The van der Waals surface area contributed by atoms with Crippen molar-refractivity contribution in [3.05, 3.63) is 60.9 Å². The predicted molar refractivity (Wildman–Crippen MR) is 102 cm³/mol. The Kier molecular flexibility index (Phi) is 5.39. The first-order valence-corrected chi connectivity index (χ1v) is 9.86. The van der Waals surface area contributed by atoms with Crippen LogP contribution >= 0.6 is 0 Å². The van der Waals surface area contributed by atoms with Gasteiger partial charge in [0.15, 0.2) is 0 Å². The summed E-state index contributed by atoms with van der Waals surface area (Å²) < 4.78 is 33.4. The van der Waals surface area contributed by atoms with Gasteiger partial charge in [-0.25, -0.2) is 18.1 Å². The van der Waals surface area contributed by atoms with Gasteiger partial charge in [-0.2, -0.15) is 0 Å². The summed E-state index contributed by atoms with van der Waals surface area (Å²) in [5.41, 5.74) is 3.45. The molecule has 1 N–H and O–H groups in total. The van der Waals surface area contributed by atoms with E-state index in [0.717, 1.165) is 22.5 Å². The average molecular weight is 371 g/mol. The van der Waals surface area contributed by atoms with Crippen LogP contribution in [0.5, 0.6) is 5.75 Å². The van der Waals surface area contributed by atoms with Crippen molar-refractivity contribution in [1.29, 1.82) is 0 Å². The van der Waals surface area contributed by atoms with Crippen molar-refractivity contribution < 1.29 is 13.2 Å². The summed E-state index contributed by atoms with van der Waals surface area (Å²) in [6.45, 7) is 0.288. The molecule has 6 nitrogen and oxygen atoms in total. The van der Waals surface area contributed by atoms with Crippen molar-refractivity contribution in [2.24, 2.45) is 0 Å². The third-order valence-electron chi connectivity index (χ3n) is 4.16. The maximum atomic E-state index is 11.9. The molecule has 26 heavy (non-hydrogen) atoms. The van der Waals surface area contributed by atoms with Gasteiger partial charge >= 0.3 is 0 Å². The second-order valence-corrected chi connectivity index (χ2v) is 7.77. The number of ether oxygens (including phenoxy) is 1. The predicted octanol–water partition coefficient (Wildman–Crippen LogP) is 2.77. The van der Waals surface area contributed by atoms with Crippen LogP contribution in [0.15, 0.2) is 60.9 Å². The SMILES string of the molecule is CNS(=O)(=O)CCn1cnc(-c2ccccc2)c1-c1ccccc1OC. The highest BCUT2D eigenvalue weighted by Crippen LogP contribution is 2.36. The molecular weight excluding hydrogens is 350 g/mol. The fourth-order valence-corrected chi connectivity index (χ4v) is 3.44. The van der Waals surface area contributed by atoms with Crippen LogP contribution in [0.4, 0.5) is 0 Å². The number of hydrogen-bond acceptors (Lipinski definition) is 4. The van der Waals surface area contributed by atoms with Gasteiger partial charge in [0.1, 0.15) is 5.75 Å². The molecule has 3 aromatic rings. The summed E-state index contributed by atoms with van der Waals surface area (Å²) in [6, 6.07) is 17.5. The van der Waals surface area contributed by atoms with Crippen molar-refractivity contribution in [2.75, 3.05) is 19.9 Å². The van der Waals surface area contributed by atoms with E-state index in [9.17, 15) is 8.42 Å². The van der Waals surface area contributed by atoms with E-state index in [0.29, 0.717) is 5.75 Å². The second-order valence-electron chi connectivity index (χ2n) is 5.72. The van der Waals surface area contributed by atoms with Gasteiger partial charge in [-0.15, -0.1) is 0 Å². The molecule has 0 aliphatic rings. The average Bonchev–Trinajstić information content (AvgIpc) is 3.11. The van der Waals surface area contributed by atoms with E-state index in [-0.39, 0.29) is 12.3 Å². The van der Waals surface area contributed by atoms with Gasteiger partial charge in [0, 0.05) is 17.7 Å². The lowest BCUT2D eigenvalue weighted by Gasteiger charge is -2.14. The number of para-hydroxylation sites is 1. The Morgan fingerprint density at radius 1 is 1.08 bits per heavy atom. The number of nitrogens with zero attached hydrogens (tertiary/aromatic N) is 2. The third-order valence-corrected chi connectivity index (χ3v) is 5.50. The summed E-state index contributed by atoms with van der Waals surface area (Å²) >= 11 is 0. The van der Waals surface area contributed by atoms with Crippen molar-refractivity contribution in [2.45, 2.75) is 6.54 Å². The summed E-state index contributed by atoms with van der Waals surface area (Å²) in [6.07, 6.45) is 1.68. The van der Waals surface area contributed by atoms with Gasteiger partial charge in [-0.3, -0.25) is 0 Å². The van der Waals surface area contributed by atoms with Crippen LogP contribution in [-0.2, 0) is 16.6 Å². The quantitative estimate of drug-likeness (QED) is 0.693. The van der Waals surface area contributed by atoms with E-state index in [2.05, 4.69) is 9.71 Å². The number of sulfonamides is 1. The van der Waals surface area contributed by atoms with E-state index in [1.807, 2.05) is 59.2 Å². The Balaban J connectivity index is 2.13. The minimum Gasteiger partial charge on any atom is -0.496 e. The largest absolute Gasteiger partial charge is 0.496 e. The fraction of sp³-hybridized carbons (Fsp3) is 0.211. The number of imidazole rings is 1. The number of aromatic nitrogens is 2. The molecule has 0 bridgehead atoms. The molecule has 3 rings (SSSR count). The zero-order valence-electron chi connectivity index (χ0n) is 14.7. The smallest absolute Gasteiger partial charge is 0.213 e. The molecular formula is C19H21N3O3S. The highest BCUT2D eigenvalue weighted by atomic mass is 32.2. The molecule has 7 heteroatoms. The molecule has 0 aliphatic heterocycles. The van der Waals surface area contributed by atoms with Crippen molar-refractivity contribution in [3.63, 3.8) is 0 Å². The van der Waals surface area contributed by atoms with Gasteiger partial charge in [0.25, 0.3) is 0 Å². The Bertz CT molecular complexity index is 982. The van der Waals surface area contributed by atoms with Crippen LogP contribution in [-0.4, -0.2) is 37.9 Å². The first kappa shape index (κ1) is 18.2. The molecule has 0 radical (unpaired) electrons. The standard InChI is InChI=1S/C19H21N3O3S/c1-20-26(23,24)13-12-22-14-21-18(15-8-4-3-5-9-15)19(22)16-10-6-7-11-17(16)25-2/h3-11,14,20H,12-13H2,1-2H3. The van der Waals surface area contributed by atoms with Gasteiger partial charge in [-0.1, -0.05) is 42.5 Å². The number of methoxy groups -OCH3 is 1. The van der Waals surface area contributed by atoms with Gasteiger partial charge in [0.05, 0.1) is 30.6 Å². The zero-order chi connectivity index (χ0) is 18.6. The van der Waals surface area contributed by atoms with Crippen LogP contribution < -0.4 is 9.46 Å². The third kappa shape index (κ3) is 3.79. The molecule has 1 heterocycles. The minimum atomic E-state index is -3.32. The minimum absolute atomic E-state index is 0.0315. The molecule has 0 spiro atoms. The number of hydrogen-bond donors (Lipinski definition) is 1. The van der Waals surface area contributed by atoms with Crippen LogP contribution in [0.3, 0.4) is 0 Å². The maximum Gasteiger partial charge on any atom is 0.213 e. The molecule has 0 aliphatic carbocycles. The summed E-state index contributed by atoms with van der Waals surface area (Å²) in [7, 11) is -0.283. The van der Waals surface area contributed by atoms with E-state index < -0.39 is 10.0 Å². The Hall–Kier alpha value is -2.64. The summed E-state index contributed by atoms with van der Waals surface area (Å²) in [4.78, 5) is 4.56. The highest BCUT2D eigenvalue weighted by molar-refractivity contribution is 7.89. The number of nitrogens with one attached hydrogen (secondary N) is 1. The number of rotatable bonds is 7. The van der Waals surface area contributed by atoms with E-state index in [1.54, 1.807) is 13.4 Å². The van der Waals surface area contributed by atoms with E-state index in [1.165, 1.54) is 7.05 Å². The number of benzene rings is 2. The summed E-state index contributed by atoms with van der Waals surface area (Å²) in [5, 5.41) is 0. The molecule has 1 aromatic heterocycles. The lowest BCUT2D eigenvalue weighted by molar-refractivity contribution is 0.416. The molecule has 0 saturated carbocycles.